The Morgan fingerprint density at radius 2 is 2.16 bits per heavy atom. The molecule has 0 radical (unpaired) electrons. The molecule has 1 heterocycles. The first-order valence-electron chi connectivity index (χ1n) is 5.07. The average Bonchev–Trinajstić information content (AvgIpc) is 2.39. The van der Waals surface area contributed by atoms with Crippen LogP contribution in [0, 0.1) is 10.1 Å². The smallest absolute Gasteiger partial charge is 0.284 e. The fraction of sp³-hybridized carbons (Fsp3) is 0. The number of carbonyl (C=O) groups excluding carboxylic acids is 1. The zero-order valence-electron chi connectivity index (χ0n) is 9.40. The minimum absolute atomic E-state index is 0.207. The van der Waals surface area contributed by atoms with Crippen LogP contribution in [0.1, 0.15) is 10.4 Å². The van der Waals surface area contributed by atoms with Crippen molar-refractivity contribution in [3.8, 4) is 0 Å². The molecule has 2 aromatic rings. The van der Waals surface area contributed by atoms with Gasteiger partial charge in [0, 0.05) is 23.9 Å². The van der Waals surface area contributed by atoms with E-state index in [1.54, 1.807) is 0 Å². The maximum atomic E-state index is 11.1. The van der Waals surface area contributed by atoms with Crippen LogP contribution in [0.3, 0.4) is 0 Å². The molecule has 96 valence electrons. The number of hydrogen-bond donors (Lipinski definition) is 1. The van der Waals surface area contributed by atoms with E-state index in [2.05, 4.69) is 9.97 Å². The highest BCUT2D eigenvalue weighted by atomic mass is 32.2. The summed E-state index contributed by atoms with van der Waals surface area (Å²) in [6, 6.07) is 5.33. The number of aldehydes is 1. The van der Waals surface area contributed by atoms with Gasteiger partial charge in [-0.05, 0) is 17.8 Å². The van der Waals surface area contributed by atoms with Crippen molar-refractivity contribution in [2.24, 2.45) is 0 Å². The lowest BCUT2D eigenvalue weighted by Gasteiger charge is -2.02. The second kappa shape index (κ2) is 5.44. The van der Waals surface area contributed by atoms with Crippen LogP contribution in [0.25, 0.3) is 0 Å². The highest BCUT2D eigenvalue weighted by Gasteiger charge is 2.16. The molecule has 8 heteroatoms. The van der Waals surface area contributed by atoms with Crippen molar-refractivity contribution in [3.63, 3.8) is 0 Å². The number of nitrogens with one attached hydrogen (secondary N) is 1. The van der Waals surface area contributed by atoms with E-state index in [0.717, 1.165) is 11.8 Å². The van der Waals surface area contributed by atoms with Gasteiger partial charge >= 0.3 is 0 Å². The highest BCUT2D eigenvalue weighted by molar-refractivity contribution is 7.99. The second-order valence-corrected chi connectivity index (χ2v) is 4.47. The Morgan fingerprint density at radius 1 is 1.37 bits per heavy atom. The molecule has 0 bridgehead atoms. The van der Waals surface area contributed by atoms with Gasteiger partial charge in [0.15, 0.2) is 5.16 Å². The number of H-pyrrole nitrogens is 1. The highest BCUT2D eigenvalue weighted by Crippen LogP contribution is 2.32. The van der Waals surface area contributed by atoms with Crippen LogP contribution < -0.4 is 5.56 Å². The normalized spacial score (nSPS) is 10.1. The first kappa shape index (κ1) is 13.0. The monoisotopic (exact) mass is 277 g/mol. The number of aromatic amines is 1. The van der Waals surface area contributed by atoms with E-state index in [9.17, 15) is 19.7 Å². The fourth-order valence-electron chi connectivity index (χ4n) is 1.34. The van der Waals surface area contributed by atoms with E-state index in [1.165, 1.54) is 30.5 Å². The number of benzene rings is 1. The average molecular weight is 277 g/mol. The number of nitro groups is 1. The van der Waals surface area contributed by atoms with Crippen molar-refractivity contribution in [3.05, 3.63) is 56.5 Å². The Balaban J connectivity index is 2.42. The van der Waals surface area contributed by atoms with Gasteiger partial charge in [0.25, 0.3) is 11.2 Å². The Bertz CT molecular complexity index is 698. The molecule has 0 aliphatic carbocycles. The second-order valence-electron chi connectivity index (χ2n) is 3.44. The molecule has 0 amide bonds. The summed E-state index contributed by atoms with van der Waals surface area (Å²) in [5, 5.41) is 11.2. The summed E-state index contributed by atoms with van der Waals surface area (Å²) in [6.45, 7) is 0. The van der Waals surface area contributed by atoms with Crippen molar-refractivity contribution < 1.29 is 9.72 Å². The van der Waals surface area contributed by atoms with Crippen molar-refractivity contribution in [2.45, 2.75) is 10.1 Å². The summed E-state index contributed by atoms with van der Waals surface area (Å²) in [6.07, 6.45) is 1.84. The van der Waals surface area contributed by atoms with Crippen LogP contribution in [0.15, 0.2) is 45.3 Å². The molecule has 0 fully saturated rings. The third-order valence-electron chi connectivity index (χ3n) is 2.17. The predicted octanol–water partition coefficient (Wildman–Crippen LogP) is 1.64. The predicted molar refractivity (Wildman–Crippen MR) is 67.5 cm³/mol. The first-order valence-corrected chi connectivity index (χ1v) is 5.88. The number of carbonyl (C=O) groups is 1. The quantitative estimate of drug-likeness (QED) is 0.394. The van der Waals surface area contributed by atoms with Gasteiger partial charge in [-0.25, -0.2) is 4.98 Å². The van der Waals surface area contributed by atoms with E-state index >= 15 is 0 Å². The van der Waals surface area contributed by atoms with Gasteiger partial charge in [0.2, 0.25) is 0 Å². The van der Waals surface area contributed by atoms with Gasteiger partial charge in [-0.3, -0.25) is 19.7 Å². The third kappa shape index (κ3) is 3.05. The third-order valence-corrected chi connectivity index (χ3v) is 3.14. The minimum Gasteiger partial charge on any atom is -0.301 e. The Hall–Kier alpha value is -2.48. The van der Waals surface area contributed by atoms with Gasteiger partial charge < -0.3 is 4.98 Å². The molecule has 0 spiro atoms. The summed E-state index contributed by atoms with van der Waals surface area (Å²) in [5.41, 5.74) is -0.337. The zero-order valence-corrected chi connectivity index (χ0v) is 10.2. The van der Waals surface area contributed by atoms with Gasteiger partial charge in [0.05, 0.1) is 9.82 Å². The number of rotatable bonds is 4. The molecule has 0 aliphatic heterocycles. The number of aromatic nitrogens is 2. The van der Waals surface area contributed by atoms with Gasteiger partial charge in [0.1, 0.15) is 6.29 Å². The summed E-state index contributed by atoms with van der Waals surface area (Å²) >= 11 is 0.952. The molecule has 1 aromatic carbocycles. The number of nitrogens with zero attached hydrogens (tertiary/aromatic N) is 2. The molecule has 1 N–H and O–H groups in total. The van der Waals surface area contributed by atoms with Crippen LogP contribution in [0.2, 0.25) is 0 Å². The number of hydrogen-bond acceptors (Lipinski definition) is 6. The van der Waals surface area contributed by atoms with E-state index in [-0.39, 0.29) is 22.0 Å². The molecule has 0 unspecified atom stereocenters. The molecule has 0 saturated heterocycles. The largest absolute Gasteiger partial charge is 0.301 e. The summed E-state index contributed by atoms with van der Waals surface area (Å²) in [7, 11) is 0. The van der Waals surface area contributed by atoms with Crippen LogP contribution in [0.4, 0.5) is 5.69 Å². The summed E-state index contributed by atoms with van der Waals surface area (Å²) < 4.78 is 0. The van der Waals surface area contributed by atoms with Crippen molar-refractivity contribution >= 4 is 23.7 Å². The molecule has 1 aromatic heterocycles. The van der Waals surface area contributed by atoms with Crippen molar-refractivity contribution in [1.29, 1.82) is 0 Å². The Kier molecular flexibility index (Phi) is 3.71. The molecular formula is C11H7N3O4S. The molecular weight excluding hydrogens is 270 g/mol. The molecule has 0 atom stereocenters. The van der Waals surface area contributed by atoms with E-state index < -0.39 is 4.92 Å². The molecule has 2 rings (SSSR count). The van der Waals surface area contributed by atoms with Crippen LogP contribution in [0.5, 0.6) is 0 Å². The van der Waals surface area contributed by atoms with Crippen LogP contribution in [-0.2, 0) is 0 Å². The molecule has 19 heavy (non-hydrogen) atoms. The van der Waals surface area contributed by atoms with Gasteiger partial charge in [-0.1, -0.05) is 6.07 Å². The minimum atomic E-state index is -0.587. The standard InChI is InChI=1S/C11H7N3O4S/c15-6-7-1-2-9(8(5-7)14(17)18)19-11-12-4-3-10(16)13-11/h1-6H,(H,12,13,16). The Labute approximate surface area is 110 Å². The lowest BCUT2D eigenvalue weighted by molar-refractivity contribution is -0.387. The SMILES string of the molecule is O=Cc1ccc(Sc2nccc(=O)[nH]2)c([N+](=O)[O-])c1. The summed E-state index contributed by atoms with van der Waals surface area (Å²) in [5.74, 6) is 0. The topological polar surface area (TPSA) is 106 Å². The van der Waals surface area contributed by atoms with Crippen molar-refractivity contribution in [2.75, 3.05) is 0 Å². The Morgan fingerprint density at radius 3 is 2.79 bits per heavy atom. The molecule has 0 aliphatic rings. The van der Waals surface area contributed by atoms with Crippen LogP contribution >= 0.6 is 11.8 Å². The summed E-state index contributed by atoms with van der Waals surface area (Å²) in [4.78, 5) is 38.7. The maximum absolute atomic E-state index is 11.1. The van der Waals surface area contributed by atoms with E-state index in [4.69, 9.17) is 0 Å². The zero-order chi connectivity index (χ0) is 13.8. The number of nitro benzene ring substituents is 1. The van der Waals surface area contributed by atoms with Gasteiger partial charge in [-0.2, -0.15) is 0 Å². The first-order chi connectivity index (χ1) is 9.10. The lowest BCUT2D eigenvalue weighted by Crippen LogP contribution is -2.05. The van der Waals surface area contributed by atoms with E-state index in [1.807, 2.05) is 0 Å². The van der Waals surface area contributed by atoms with Crippen LogP contribution in [-0.4, -0.2) is 21.2 Å². The maximum Gasteiger partial charge on any atom is 0.284 e. The lowest BCUT2D eigenvalue weighted by atomic mass is 10.2. The van der Waals surface area contributed by atoms with Gasteiger partial charge in [-0.15, -0.1) is 0 Å². The molecule has 0 saturated carbocycles. The van der Waals surface area contributed by atoms with Crippen molar-refractivity contribution in [1.82, 2.24) is 9.97 Å². The fourth-order valence-corrected chi connectivity index (χ4v) is 2.19. The van der Waals surface area contributed by atoms with E-state index in [0.29, 0.717) is 11.2 Å². The molecule has 7 nitrogen and oxygen atoms in total.